The van der Waals surface area contributed by atoms with Crippen LogP contribution in [0.15, 0.2) is 14.3 Å². The summed E-state index contributed by atoms with van der Waals surface area (Å²) in [6.07, 6.45) is 0. The van der Waals surface area contributed by atoms with Gasteiger partial charge in [0.2, 0.25) is 5.82 Å². The van der Waals surface area contributed by atoms with E-state index >= 15 is 0 Å². The van der Waals surface area contributed by atoms with Crippen molar-refractivity contribution in [1.29, 1.82) is 0 Å². The van der Waals surface area contributed by atoms with Crippen LogP contribution in [0.25, 0.3) is 0 Å². The van der Waals surface area contributed by atoms with Gasteiger partial charge < -0.3 is 5.73 Å². The van der Waals surface area contributed by atoms with Crippen molar-refractivity contribution in [2.24, 2.45) is 5.73 Å². The van der Waals surface area contributed by atoms with Gasteiger partial charge in [0.05, 0.1) is 15.4 Å². The molecule has 0 aliphatic heterocycles. The predicted molar refractivity (Wildman–Crippen MR) is 72.0 cm³/mol. The molecule has 0 radical (unpaired) electrons. The SMILES string of the molecule is NC(c1cc(Br)c(Br)s1)c1c(F)c(F)c(F)c(F)c1F. The minimum atomic E-state index is -2.20. The molecule has 2 rings (SSSR count). The van der Waals surface area contributed by atoms with E-state index in [0.29, 0.717) is 8.26 Å². The maximum atomic E-state index is 13.6. The summed E-state index contributed by atoms with van der Waals surface area (Å²) in [5.74, 6) is -10.1. The molecule has 0 fully saturated rings. The van der Waals surface area contributed by atoms with E-state index in [4.69, 9.17) is 5.73 Å². The number of nitrogens with two attached hydrogens (primary N) is 1. The summed E-state index contributed by atoms with van der Waals surface area (Å²) in [6.45, 7) is 0. The standard InChI is InChI=1S/C11H4Br2F5NS/c12-2-1-3(20-11(2)13)10(19)4-5(14)7(16)9(18)8(17)6(4)15/h1,10H,19H2. The Morgan fingerprint density at radius 2 is 1.35 bits per heavy atom. The second-order valence-electron chi connectivity index (χ2n) is 3.73. The Morgan fingerprint density at radius 3 is 1.75 bits per heavy atom. The van der Waals surface area contributed by atoms with Gasteiger partial charge in [0, 0.05) is 9.35 Å². The summed E-state index contributed by atoms with van der Waals surface area (Å²) < 4.78 is 67.6. The minimum Gasteiger partial charge on any atom is -0.319 e. The Kier molecular flexibility index (Phi) is 4.53. The first-order valence-corrected chi connectivity index (χ1v) is 7.37. The van der Waals surface area contributed by atoms with E-state index < -0.39 is 40.7 Å². The van der Waals surface area contributed by atoms with Crippen LogP contribution < -0.4 is 5.73 Å². The van der Waals surface area contributed by atoms with E-state index in [2.05, 4.69) is 31.9 Å². The molecule has 0 bridgehead atoms. The molecule has 0 aliphatic carbocycles. The second-order valence-corrected chi connectivity index (χ2v) is 6.99. The topological polar surface area (TPSA) is 26.0 Å². The molecular formula is C11H4Br2F5NS. The van der Waals surface area contributed by atoms with Gasteiger partial charge in [-0.2, -0.15) is 0 Å². The molecule has 1 heterocycles. The average Bonchev–Trinajstić information content (AvgIpc) is 2.74. The second kappa shape index (κ2) is 5.70. The van der Waals surface area contributed by atoms with Gasteiger partial charge in [-0.05, 0) is 37.9 Å². The Hall–Kier alpha value is -0.510. The van der Waals surface area contributed by atoms with Crippen LogP contribution in [0, 0.1) is 29.1 Å². The van der Waals surface area contributed by atoms with Crippen LogP contribution in [-0.2, 0) is 0 Å². The van der Waals surface area contributed by atoms with Crippen molar-refractivity contribution in [2.45, 2.75) is 6.04 Å². The number of hydrogen-bond acceptors (Lipinski definition) is 2. The Morgan fingerprint density at radius 1 is 0.900 bits per heavy atom. The summed E-state index contributed by atoms with van der Waals surface area (Å²) in [7, 11) is 0. The molecule has 0 saturated carbocycles. The minimum absolute atomic E-state index is 0.243. The lowest BCUT2D eigenvalue weighted by Gasteiger charge is -2.13. The predicted octanol–water partition coefficient (Wildman–Crippen LogP) is 5.02. The van der Waals surface area contributed by atoms with E-state index in [-0.39, 0.29) is 4.88 Å². The lowest BCUT2D eigenvalue weighted by Crippen LogP contribution is -2.18. The van der Waals surface area contributed by atoms with E-state index in [1.165, 1.54) is 6.07 Å². The molecule has 1 aromatic carbocycles. The fourth-order valence-electron chi connectivity index (χ4n) is 1.55. The molecule has 1 unspecified atom stereocenters. The van der Waals surface area contributed by atoms with Gasteiger partial charge in [-0.15, -0.1) is 11.3 Å². The maximum absolute atomic E-state index is 13.6. The zero-order valence-electron chi connectivity index (χ0n) is 9.29. The van der Waals surface area contributed by atoms with Crippen molar-refractivity contribution in [3.05, 3.63) is 53.9 Å². The number of hydrogen-bond donors (Lipinski definition) is 1. The van der Waals surface area contributed by atoms with Crippen molar-refractivity contribution in [1.82, 2.24) is 0 Å². The number of benzene rings is 1. The first-order chi connectivity index (χ1) is 9.25. The highest BCUT2D eigenvalue weighted by Crippen LogP contribution is 2.38. The molecule has 1 aromatic heterocycles. The van der Waals surface area contributed by atoms with E-state index in [0.717, 1.165) is 11.3 Å². The zero-order chi connectivity index (χ0) is 15.2. The van der Waals surface area contributed by atoms with Crippen LogP contribution in [-0.4, -0.2) is 0 Å². The third-order valence-electron chi connectivity index (χ3n) is 2.53. The molecule has 1 atom stereocenters. The van der Waals surface area contributed by atoms with Gasteiger partial charge in [-0.1, -0.05) is 0 Å². The fraction of sp³-hybridized carbons (Fsp3) is 0.0909. The summed E-state index contributed by atoms with van der Waals surface area (Å²) in [6, 6.07) is -0.0236. The van der Waals surface area contributed by atoms with Crippen LogP contribution in [0.3, 0.4) is 0 Å². The largest absolute Gasteiger partial charge is 0.319 e. The number of thiophene rings is 1. The molecule has 9 heteroatoms. The summed E-state index contributed by atoms with van der Waals surface area (Å²) in [5, 5.41) is 0. The third-order valence-corrected chi connectivity index (χ3v) is 5.86. The molecule has 2 N–H and O–H groups in total. The molecule has 2 aromatic rings. The highest BCUT2D eigenvalue weighted by molar-refractivity contribution is 9.13. The van der Waals surface area contributed by atoms with Gasteiger partial charge >= 0.3 is 0 Å². The highest BCUT2D eigenvalue weighted by atomic mass is 79.9. The molecule has 108 valence electrons. The van der Waals surface area contributed by atoms with Crippen molar-refractivity contribution in [3.63, 3.8) is 0 Å². The van der Waals surface area contributed by atoms with Gasteiger partial charge in [0.15, 0.2) is 23.3 Å². The fourth-order valence-corrected chi connectivity index (χ4v) is 3.65. The smallest absolute Gasteiger partial charge is 0.200 e. The van der Waals surface area contributed by atoms with Gasteiger partial charge in [0.1, 0.15) is 0 Å². The van der Waals surface area contributed by atoms with Crippen molar-refractivity contribution >= 4 is 43.2 Å². The lowest BCUT2D eigenvalue weighted by molar-refractivity contribution is 0.367. The monoisotopic (exact) mass is 435 g/mol. The molecule has 0 aliphatic rings. The normalized spacial score (nSPS) is 12.8. The average molecular weight is 437 g/mol. The third kappa shape index (κ3) is 2.51. The first kappa shape index (κ1) is 15.9. The van der Waals surface area contributed by atoms with E-state index in [1.54, 1.807) is 0 Å². The van der Waals surface area contributed by atoms with E-state index in [9.17, 15) is 22.0 Å². The molecule has 0 spiro atoms. The molecule has 0 saturated heterocycles. The summed E-state index contributed by atoms with van der Waals surface area (Å²) in [4.78, 5) is 0.243. The van der Waals surface area contributed by atoms with Crippen LogP contribution in [0.5, 0.6) is 0 Å². The van der Waals surface area contributed by atoms with Crippen LogP contribution in [0.1, 0.15) is 16.5 Å². The first-order valence-electron chi connectivity index (χ1n) is 4.97. The van der Waals surface area contributed by atoms with Crippen LogP contribution >= 0.6 is 43.2 Å². The van der Waals surface area contributed by atoms with Crippen molar-refractivity contribution < 1.29 is 22.0 Å². The van der Waals surface area contributed by atoms with Crippen LogP contribution in [0.2, 0.25) is 0 Å². The Labute approximate surface area is 130 Å². The number of halogens is 7. The van der Waals surface area contributed by atoms with Crippen molar-refractivity contribution in [2.75, 3.05) is 0 Å². The molecule has 20 heavy (non-hydrogen) atoms. The highest BCUT2D eigenvalue weighted by Gasteiger charge is 2.30. The van der Waals surface area contributed by atoms with Crippen LogP contribution in [0.4, 0.5) is 22.0 Å². The van der Waals surface area contributed by atoms with E-state index in [1.807, 2.05) is 0 Å². The van der Waals surface area contributed by atoms with Gasteiger partial charge in [-0.3, -0.25) is 0 Å². The van der Waals surface area contributed by atoms with Gasteiger partial charge in [0.25, 0.3) is 0 Å². The lowest BCUT2D eigenvalue weighted by atomic mass is 10.0. The summed E-state index contributed by atoms with van der Waals surface area (Å²) >= 11 is 7.33. The van der Waals surface area contributed by atoms with Crippen molar-refractivity contribution in [3.8, 4) is 0 Å². The molecule has 1 nitrogen and oxygen atoms in total. The zero-order valence-corrected chi connectivity index (χ0v) is 13.3. The molecular weight excluding hydrogens is 433 g/mol. The van der Waals surface area contributed by atoms with Gasteiger partial charge in [-0.25, -0.2) is 22.0 Å². The quantitative estimate of drug-likeness (QED) is 0.399. The summed E-state index contributed by atoms with van der Waals surface area (Å²) in [5.41, 5.74) is 4.57. The maximum Gasteiger partial charge on any atom is 0.200 e. The Balaban J connectivity index is 2.63. The Bertz CT molecular complexity index is 639. The molecule has 0 amide bonds. The number of rotatable bonds is 2.